The second-order valence-corrected chi connectivity index (χ2v) is 7.35. The molecular formula is C15H13ClINS. The fourth-order valence-corrected chi connectivity index (χ4v) is 4.12. The van der Waals surface area contributed by atoms with Gasteiger partial charge < -0.3 is 5.32 Å². The van der Waals surface area contributed by atoms with Crippen LogP contribution in [0.2, 0.25) is 5.02 Å². The van der Waals surface area contributed by atoms with E-state index in [0.29, 0.717) is 6.04 Å². The molecule has 0 aromatic heterocycles. The molecule has 1 aliphatic rings. The lowest BCUT2D eigenvalue weighted by Crippen LogP contribution is -2.16. The molecule has 1 nitrogen and oxygen atoms in total. The van der Waals surface area contributed by atoms with Gasteiger partial charge in [0, 0.05) is 24.9 Å². The van der Waals surface area contributed by atoms with Gasteiger partial charge in [-0.3, -0.25) is 0 Å². The molecule has 0 amide bonds. The van der Waals surface area contributed by atoms with Crippen molar-refractivity contribution in [3.05, 3.63) is 56.6 Å². The van der Waals surface area contributed by atoms with Crippen molar-refractivity contribution in [2.24, 2.45) is 0 Å². The first-order chi connectivity index (χ1) is 9.22. The van der Waals surface area contributed by atoms with Crippen LogP contribution in [0.25, 0.3) is 0 Å². The summed E-state index contributed by atoms with van der Waals surface area (Å²) in [6, 6.07) is 15.0. The van der Waals surface area contributed by atoms with Crippen LogP contribution in [0.4, 0.5) is 5.69 Å². The van der Waals surface area contributed by atoms with Crippen LogP contribution in [-0.2, 0) is 0 Å². The maximum atomic E-state index is 6.13. The molecule has 98 valence electrons. The largest absolute Gasteiger partial charge is 0.378 e. The predicted molar refractivity (Wildman–Crippen MR) is 92.3 cm³/mol. The number of benzene rings is 2. The number of anilines is 1. The Labute approximate surface area is 136 Å². The van der Waals surface area contributed by atoms with Gasteiger partial charge in [0.1, 0.15) is 0 Å². The molecule has 1 unspecified atom stereocenters. The summed E-state index contributed by atoms with van der Waals surface area (Å²) in [5, 5.41) is 4.44. The molecule has 1 aliphatic heterocycles. The number of halogens is 2. The number of hydrogen-bond donors (Lipinski definition) is 1. The third kappa shape index (κ3) is 3.20. The quantitative estimate of drug-likeness (QED) is 0.658. The van der Waals surface area contributed by atoms with Gasteiger partial charge in [0.25, 0.3) is 0 Å². The average molecular weight is 402 g/mol. The van der Waals surface area contributed by atoms with E-state index in [2.05, 4.69) is 64.3 Å². The zero-order chi connectivity index (χ0) is 13.2. The van der Waals surface area contributed by atoms with Crippen LogP contribution in [0, 0.1) is 3.57 Å². The van der Waals surface area contributed by atoms with Crippen molar-refractivity contribution < 1.29 is 0 Å². The molecule has 0 saturated carbocycles. The van der Waals surface area contributed by atoms with E-state index < -0.39 is 0 Å². The zero-order valence-corrected chi connectivity index (χ0v) is 13.9. The lowest BCUT2D eigenvalue weighted by atomic mass is 10.0. The van der Waals surface area contributed by atoms with E-state index >= 15 is 0 Å². The summed E-state index contributed by atoms with van der Waals surface area (Å²) in [5.74, 6) is 1.15. The minimum atomic E-state index is 0.355. The maximum Gasteiger partial charge on any atom is 0.0533 e. The molecule has 4 heteroatoms. The molecule has 2 aromatic rings. The Kier molecular flexibility index (Phi) is 4.24. The van der Waals surface area contributed by atoms with Crippen LogP contribution in [0.3, 0.4) is 0 Å². The van der Waals surface area contributed by atoms with Gasteiger partial charge in [0.05, 0.1) is 6.04 Å². The van der Waals surface area contributed by atoms with Gasteiger partial charge in [-0.2, -0.15) is 0 Å². The minimum Gasteiger partial charge on any atom is -0.378 e. The first kappa shape index (κ1) is 13.6. The Bertz CT molecular complexity index is 602. The van der Waals surface area contributed by atoms with Gasteiger partial charge in [-0.1, -0.05) is 17.7 Å². The lowest BCUT2D eigenvalue weighted by Gasteiger charge is -2.27. The van der Waals surface area contributed by atoms with E-state index in [1.165, 1.54) is 19.7 Å². The summed E-state index contributed by atoms with van der Waals surface area (Å²) in [4.78, 5) is 1.35. The SMILES string of the molecule is Clc1ccc2c(c1)C(Nc1cccc(I)c1)CCS2. The van der Waals surface area contributed by atoms with Gasteiger partial charge in [0.15, 0.2) is 0 Å². The van der Waals surface area contributed by atoms with Crippen molar-refractivity contribution in [1.29, 1.82) is 0 Å². The Hall–Kier alpha value is -0.390. The number of fused-ring (bicyclic) bond motifs is 1. The molecule has 0 bridgehead atoms. The van der Waals surface area contributed by atoms with Gasteiger partial charge in [0.2, 0.25) is 0 Å². The standard InChI is InChI=1S/C15H13ClINS/c16-10-4-5-15-13(8-10)14(6-7-19-15)18-12-3-1-2-11(17)9-12/h1-5,8-9,14,18H,6-7H2. The van der Waals surface area contributed by atoms with Crippen LogP contribution in [0.1, 0.15) is 18.0 Å². The topological polar surface area (TPSA) is 12.0 Å². The monoisotopic (exact) mass is 401 g/mol. The summed E-state index contributed by atoms with van der Waals surface area (Å²) in [6.07, 6.45) is 1.13. The highest BCUT2D eigenvalue weighted by Gasteiger charge is 2.20. The molecule has 1 atom stereocenters. The van der Waals surface area contributed by atoms with Crippen molar-refractivity contribution in [3.63, 3.8) is 0 Å². The molecule has 0 radical (unpaired) electrons. The summed E-state index contributed by atoms with van der Waals surface area (Å²) in [5.41, 5.74) is 2.50. The van der Waals surface area contributed by atoms with Crippen molar-refractivity contribution in [2.45, 2.75) is 17.4 Å². The van der Waals surface area contributed by atoms with Crippen LogP contribution >= 0.6 is 46.0 Å². The van der Waals surface area contributed by atoms with E-state index in [-0.39, 0.29) is 0 Å². The second-order valence-electron chi connectivity index (χ2n) is 4.53. The van der Waals surface area contributed by atoms with Crippen LogP contribution in [0.15, 0.2) is 47.4 Å². The maximum absolute atomic E-state index is 6.13. The predicted octanol–water partition coefficient (Wildman–Crippen LogP) is 5.59. The summed E-state index contributed by atoms with van der Waals surface area (Å²) in [6.45, 7) is 0. The van der Waals surface area contributed by atoms with Gasteiger partial charge in [-0.15, -0.1) is 11.8 Å². The highest BCUT2D eigenvalue weighted by atomic mass is 127. The van der Waals surface area contributed by atoms with Gasteiger partial charge in [-0.25, -0.2) is 0 Å². The van der Waals surface area contributed by atoms with E-state index in [9.17, 15) is 0 Å². The molecule has 0 fully saturated rings. The van der Waals surface area contributed by atoms with E-state index in [4.69, 9.17) is 11.6 Å². The first-order valence-corrected chi connectivity index (χ1v) is 8.61. The van der Waals surface area contributed by atoms with Crippen LogP contribution < -0.4 is 5.32 Å². The van der Waals surface area contributed by atoms with Crippen molar-refractivity contribution in [1.82, 2.24) is 0 Å². The Morgan fingerprint density at radius 2 is 2.11 bits per heavy atom. The Morgan fingerprint density at radius 1 is 1.21 bits per heavy atom. The lowest BCUT2D eigenvalue weighted by molar-refractivity contribution is 0.728. The Morgan fingerprint density at radius 3 is 2.95 bits per heavy atom. The summed E-state index contributed by atoms with van der Waals surface area (Å²) in [7, 11) is 0. The molecule has 1 N–H and O–H groups in total. The third-order valence-corrected chi connectivity index (χ3v) is 5.21. The number of nitrogens with one attached hydrogen (secondary N) is 1. The molecule has 1 heterocycles. The minimum absolute atomic E-state index is 0.355. The van der Waals surface area contributed by atoms with Crippen molar-refractivity contribution in [3.8, 4) is 0 Å². The molecule has 0 spiro atoms. The van der Waals surface area contributed by atoms with Crippen molar-refractivity contribution >= 4 is 51.6 Å². The van der Waals surface area contributed by atoms with E-state index in [1.807, 2.05) is 17.8 Å². The van der Waals surface area contributed by atoms with Crippen molar-refractivity contribution in [2.75, 3.05) is 11.1 Å². The highest BCUT2D eigenvalue weighted by molar-refractivity contribution is 14.1. The number of hydrogen-bond acceptors (Lipinski definition) is 2. The molecule has 3 rings (SSSR count). The summed E-state index contributed by atoms with van der Waals surface area (Å²) < 4.78 is 1.25. The molecule has 0 aliphatic carbocycles. The highest BCUT2D eigenvalue weighted by Crippen LogP contribution is 2.39. The fraction of sp³-hybridized carbons (Fsp3) is 0.200. The molecule has 0 saturated heterocycles. The molecular weight excluding hydrogens is 389 g/mol. The van der Waals surface area contributed by atoms with E-state index in [0.717, 1.165) is 17.2 Å². The van der Waals surface area contributed by atoms with E-state index in [1.54, 1.807) is 0 Å². The smallest absolute Gasteiger partial charge is 0.0533 e. The average Bonchev–Trinajstić information content (AvgIpc) is 2.39. The second kappa shape index (κ2) is 5.94. The van der Waals surface area contributed by atoms with Gasteiger partial charge >= 0.3 is 0 Å². The van der Waals surface area contributed by atoms with Crippen LogP contribution in [0.5, 0.6) is 0 Å². The number of rotatable bonds is 2. The fourth-order valence-electron chi connectivity index (χ4n) is 2.29. The normalized spacial score (nSPS) is 17.9. The molecule has 2 aromatic carbocycles. The van der Waals surface area contributed by atoms with Crippen LogP contribution in [-0.4, -0.2) is 5.75 Å². The Balaban J connectivity index is 1.89. The summed E-state index contributed by atoms with van der Waals surface area (Å²) >= 11 is 10.4. The number of thioether (sulfide) groups is 1. The third-order valence-electron chi connectivity index (χ3n) is 3.18. The zero-order valence-electron chi connectivity index (χ0n) is 10.2. The van der Waals surface area contributed by atoms with Gasteiger partial charge in [-0.05, 0) is 71.0 Å². The first-order valence-electron chi connectivity index (χ1n) is 6.17. The molecule has 19 heavy (non-hydrogen) atoms.